The van der Waals surface area contributed by atoms with Gasteiger partial charge in [-0.15, -0.1) is 0 Å². The number of carbonyl (C=O) groups excluding carboxylic acids is 3. The molecule has 3 rings (SSSR count). The molecule has 26 heavy (non-hydrogen) atoms. The van der Waals surface area contributed by atoms with Crippen LogP contribution in [0.15, 0.2) is 24.3 Å². The highest BCUT2D eigenvalue weighted by Crippen LogP contribution is 2.50. The van der Waals surface area contributed by atoms with E-state index in [9.17, 15) is 24.6 Å². The molecule has 1 aromatic carbocycles. The fourth-order valence-corrected chi connectivity index (χ4v) is 3.87. The van der Waals surface area contributed by atoms with Crippen LogP contribution in [-0.4, -0.2) is 46.6 Å². The Morgan fingerprint density at radius 2 is 2.00 bits per heavy atom. The Kier molecular flexibility index (Phi) is 4.36. The van der Waals surface area contributed by atoms with Gasteiger partial charge in [-0.2, -0.15) is 0 Å². The molecule has 0 fully saturated rings. The SMILES string of the molecule is COC(=O)[C@H]1[C@@H](CC(C)=O)C=C[C@@H](O)[C@]12Oc1cc(C)cc(O)c1C2=O. The Labute approximate surface area is 150 Å². The van der Waals surface area contributed by atoms with Crippen molar-refractivity contribution in [1.29, 1.82) is 0 Å². The van der Waals surface area contributed by atoms with E-state index in [1.165, 1.54) is 32.3 Å². The van der Waals surface area contributed by atoms with Crippen molar-refractivity contribution in [2.45, 2.75) is 32.0 Å². The Bertz CT molecular complexity index is 825. The smallest absolute Gasteiger partial charge is 0.313 e. The molecule has 138 valence electrons. The van der Waals surface area contributed by atoms with Crippen LogP contribution in [0.2, 0.25) is 0 Å². The number of hydrogen-bond donors (Lipinski definition) is 2. The van der Waals surface area contributed by atoms with Crippen molar-refractivity contribution >= 4 is 17.5 Å². The normalized spacial score (nSPS) is 29.4. The zero-order valence-electron chi connectivity index (χ0n) is 14.7. The average Bonchev–Trinajstić information content (AvgIpc) is 2.83. The molecular formula is C19H20O7. The van der Waals surface area contributed by atoms with Crippen LogP contribution in [0, 0.1) is 18.8 Å². The summed E-state index contributed by atoms with van der Waals surface area (Å²) < 4.78 is 10.7. The summed E-state index contributed by atoms with van der Waals surface area (Å²) in [4.78, 5) is 37.4. The number of Topliss-reactive ketones (excluding diaryl/α,β-unsaturated/α-hetero) is 2. The molecule has 0 aromatic heterocycles. The van der Waals surface area contributed by atoms with Crippen LogP contribution in [0.5, 0.6) is 11.5 Å². The molecule has 2 aliphatic rings. The second-order valence-corrected chi connectivity index (χ2v) is 6.78. The van der Waals surface area contributed by atoms with Gasteiger partial charge in [0.1, 0.15) is 34.9 Å². The highest BCUT2D eigenvalue weighted by atomic mass is 16.5. The van der Waals surface area contributed by atoms with Gasteiger partial charge in [-0.1, -0.05) is 12.2 Å². The Morgan fingerprint density at radius 3 is 2.62 bits per heavy atom. The molecular weight excluding hydrogens is 340 g/mol. The maximum absolute atomic E-state index is 13.2. The summed E-state index contributed by atoms with van der Waals surface area (Å²) >= 11 is 0. The zero-order chi connectivity index (χ0) is 19.2. The van der Waals surface area contributed by atoms with Crippen LogP contribution in [0.25, 0.3) is 0 Å². The van der Waals surface area contributed by atoms with Crippen LogP contribution in [0.4, 0.5) is 0 Å². The minimum absolute atomic E-state index is 0.0112. The van der Waals surface area contributed by atoms with Crippen molar-refractivity contribution in [3.05, 3.63) is 35.4 Å². The van der Waals surface area contributed by atoms with E-state index in [1.54, 1.807) is 13.0 Å². The number of aliphatic hydroxyl groups excluding tert-OH is 1. The van der Waals surface area contributed by atoms with Crippen molar-refractivity contribution in [3.8, 4) is 11.5 Å². The molecule has 1 aromatic rings. The lowest BCUT2D eigenvalue weighted by molar-refractivity contribution is -0.159. The third-order valence-corrected chi connectivity index (χ3v) is 4.93. The van der Waals surface area contributed by atoms with Crippen molar-refractivity contribution in [3.63, 3.8) is 0 Å². The van der Waals surface area contributed by atoms with Gasteiger partial charge in [0.25, 0.3) is 0 Å². The van der Waals surface area contributed by atoms with Gasteiger partial charge in [-0.05, 0) is 31.5 Å². The lowest BCUT2D eigenvalue weighted by Gasteiger charge is -2.41. The summed E-state index contributed by atoms with van der Waals surface area (Å²) in [7, 11) is 1.17. The van der Waals surface area contributed by atoms with Gasteiger partial charge in [-0.3, -0.25) is 9.59 Å². The second-order valence-electron chi connectivity index (χ2n) is 6.78. The van der Waals surface area contributed by atoms with E-state index < -0.39 is 35.3 Å². The number of phenols is 1. The Hall–Kier alpha value is -2.67. The molecule has 2 N–H and O–H groups in total. The summed E-state index contributed by atoms with van der Waals surface area (Å²) in [6.07, 6.45) is 1.43. The maximum atomic E-state index is 13.2. The monoisotopic (exact) mass is 360 g/mol. The third-order valence-electron chi connectivity index (χ3n) is 4.93. The van der Waals surface area contributed by atoms with Crippen LogP contribution in [-0.2, 0) is 14.3 Å². The van der Waals surface area contributed by atoms with E-state index in [1.807, 2.05) is 0 Å². The summed E-state index contributed by atoms with van der Waals surface area (Å²) in [5.74, 6) is -3.74. The standard InChI is InChI=1S/C19H20O7/c1-9-6-12(21)15-13(7-9)26-19(17(15)23)14(22)5-4-11(8-10(2)20)16(19)18(24)25-3/h4-7,11,14,16,21-22H,8H2,1-3H3/t11-,14-,16-,19+/m1/s1. The summed E-state index contributed by atoms with van der Waals surface area (Å²) in [6, 6.07) is 2.96. The summed E-state index contributed by atoms with van der Waals surface area (Å²) in [5.41, 5.74) is -1.41. The van der Waals surface area contributed by atoms with E-state index in [0.29, 0.717) is 5.56 Å². The summed E-state index contributed by atoms with van der Waals surface area (Å²) in [6.45, 7) is 3.09. The quantitative estimate of drug-likeness (QED) is 0.618. The lowest BCUT2D eigenvalue weighted by Crippen LogP contribution is -2.62. The molecule has 4 atom stereocenters. The second kappa shape index (κ2) is 6.25. The largest absolute Gasteiger partial charge is 0.507 e. The number of aliphatic hydroxyl groups is 1. The highest BCUT2D eigenvalue weighted by Gasteiger charge is 2.64. The van der Waals surface area contributed by atoms with Gasteiger partial charge in [0.15, 0.2) is 0 Å². The van der Waals surface area contributed by atoms with Crippen LogP contribution in [0.3, 0.4) is 0 Å². The topological polar surface area (TPSA) is 110 Å². The molecule has 0 saturated heterocycles. The number of fused-ring (bicyclic) bond motifs is 1. The first-order valence-electron chi connectivity index (χ1n) is 8.23. The van der Waals surface area contributed by atoms with Gasteiger partial charge in [0.05, 0.1) is 7.11 Å². The van der Waals surface area contributed by atoms with Crippen molar-refractivity contribution in [1.82, 2.24) is 0 Å². The van der Waals surface area contributed by atoms with Crippen molar-refractivity contribution < 1.29 is 34.1 Å². The number of rotatable bonds is 3. The van der Waals surface area contributed by atoms with E-state index in [-0.39, 0.29) is 29.3 Å². The number of aryl methyl sites for hydroxylation is 1. The van der Waals surface area contributed by atoms with Gasteiger partial charge in [0, 0.05) is 12.3 Å². The van der Waals surface area contributed by atoms with Gasteiger partial charge in [-0.25, -0.2) is 0 Å². The molecule has 7 heteroatoms. The van der Waals surface area contributed by atoms with Crippen LogP contribution in [0.1, 0.15) is 29.3 Å². The molecule has 1 heterocycles. The van der Waals surface area contributed by atoms with Crippen LogP contribution >= 0.6 is 0 Å². The Morgan fingerprint density at radius 1 is 1.31 bits per heavy atom. The minimum atomic E-state index is -1.98. The number of hydrogen-bond acceptors (Lipinski definition) is 7. The van der Waals surface area contributed by atoms with E-state index in [0.717, 1.165) is 0 Å². The number of benzene rings is 1. The van der Waals surface area contributed by atoms with Crippen molar-refractivity contribution in [2.24, 2.45) is 11.8 Å². The Balaban J connectivity index is 2.18. The molecule has 1 spiro atoms. The first kappa shape index (κ1) is 18.1. The van der Waals surface area contributed by atoms with Crippen LogP contribution < -0.4 is 4.74 Å². The third kappa shape index (κ3) is 2.50. The number of ketones is 2. The highest BCUT2D eigenvalue weighted by molar-refractivity contribution is 6.12. The molecule has 0 amide bonds. The number of methoxy groups -OCH3 is 1. The summed E-state index contributed by atoms with van der Waals surface area (Å²) in [5, 5.41) is 20.8. The zero-order valence-corrected chi connectivity index (χ0v) is 14.7. The first-order chi connectivity index (χ1) is 12.2. The van der Waals surface area contributed by atoms with Crippen molar-refractivity contribution in [2.75, 3.05) is 7.11 Å². The molecule has 7 nitrogen and oxygen atoms in total. The predicted octanol–water partition coefficient (Wildman–Crippen LogP) is 1.33. The maximum Gasteiger partial charge on any atom is 0.313 e. The number of allylic oxidation sites excluding steroid dienone is 1. The van der Waals surface area contributed by atoms with E-state index in [2.05, 4.69) is 0 Å². The average molecular weight is 360 g/mol. The molecule has 0 unspecified atom stereocenters. The fourth-order valence-electron chi connectivity index (χ4n) is 3.87. The molecule has 0 bridgehead atoms. The number of aromatic hydroxyl groups is 1. The molecule has 0 saturated carbocycles. The number of phenolic OH excluding ortho intramolecular Hbond substituents is 1. The van der Waals surface area contributed by atoms with E-state index in [4.69, 9.17) is 9.47 Å². The first-order valence-corrected chi connectivity index (χ1v) is 8.23. The molecule has 1 aliphatic carbocycles. The fraction of sp³-hybridized carbons (Fsp3) is 0.421. The number of esters is 1. The van der Waals surface area contributed by atoms with E-state index >= 15 is 0 Å². The minimum Gasteiger partial charge on any atom is -0.507 e. The number of ether oxygens (including phenoxy) is 2. The lowest BCUT2D eigenvalue weighted by atomic mass is 9.67. The number of carbonyl (C=O) groups is 3. The van der Waals surface area contributed by atoms with Gasteiger partial charge < -0.3 is 24.5 Å². The van der Waals surface area contributed by atoms with Gasteiger partial charge >= 0.3 is 5.97 Å². The predicted molar refractivity (Wildman–Crippen MR) is 90.0 cm³/mol. The molecule has 0 radical (unpaired) electrons. The molecule has 1 aliphatic heterocycles. The van der Waals surface area contributed by atoms with Gasteiger partial charge in [0.2, 0.25) is 11.4 Å².